The number of fused-ring (bicyclic) bond motifs is 7. The van der Waals surface area contributed by atoms with E-state index in [-0.39, 0.29) is 51.3 Å². The molecule has 10 atom stereocenters. The van der Waals surface area contributed by atoms with Crippen molar-refractivity contribution in [3.05, 3.63) is 46.3 Å². The van der Waals surface area contributed by atoms with Gasteiger partial charge in [-0.15, -0.1) is 10.2 Å². The second-order valence-electron chi connectivity index (χ2n) is 16.9. The number of aliphatic hydroxyl groups is 2. The number of hydrogen-bond acceptors (Lipinski definition) is 6. The average Bonchev–Trinajstić information content (AvgIpc) is 3.58. The highest BCUT2D eigenvalue weighted by atomic mass is 35.5. The summed E-state index contributed by atoms with van der Waals surface area (Å²) in [6, 6.07) is 7.16. The monoisotopic (exact) mass is 634 g/mol. The predicted molar refractivity (Wildman–Crippen MR) is 175 cm³/mol. The summed E-state index contributed by atoms with van der Waals surface area (Å²) in [7, 11) is 0. The number of aliphatic hydroxyl groups excluding tert-OH is 2. The minimum absolute atomic E-state index is 0.00954. The third kappa shape index (κ3) is 4.30. The van der Waals surface area contributed by atoms with E-state index in [1.165, 1.54) is 12.0 Å². The number of halogens is 1. The molecule has 1 aromatic carbocycles. The lowest BCUT2D eigenvalue weighted by atomic mass is 9.33. The lowest BCUT2D eigenvalue weighted by Gasteiger charge is -2.71. The molecule has 1 unspecified atom stereocenters. The molecule has 4 fully saturated rings. The summed E-state index contributed by atoms with van der Waals surface area (Å²) in [4.78, 5) is 14.4. The number of hydrogen-bond donors (Lipinski definition) is 2. The minimum Gasteiger partial charge on any atom is -0.418 e. The predicted octanol–water partition coefficient (Wildman–Crippen LogP) is 8.62. The Morgan fingerprint density at radius 2 is 1.58 bits per heavy atom. The average molecular weight is 635 g/mol. The highest BCUT2D eigenvalue weighted by Crippen LogP contribution is 2.75. The Morgan fingerprint density at radius 3 is 2.27 bits per heavy atom. The van der Waals surface area contributed by atoms with E-state index in [0.29, 0.717) is 28.7 Å². The van der Waals surface area contributed by atoms with Crippen LogP contribution in [0.5, 0.6) is 0 Å². The van der Waals surface area contributed by atoms with Crippen LogP contribution in [0, 0.1) is 57.2 Å². The molecule has 0 amide bonds. The van der Waals surface area contributed by atoms with Crippen LogP contribution in [-0.4, -0.2) is 32.3 Å². The molecule has 0 saturated heterocycles. The van der Waals surface area contributed by atoms with Crippen LogP contribution in [-0.2, 0) is 4.79 Å². The van der Waals surface area contributed by atoms with Crippen molar-refractivity contribution in [1.82, 2.24) is 10.2 Å². The van der Waals surface area contributed by atoms with Gasteiger partial charge in [-0.1, -0.05) is 65.6 Å². The molecule has 7 heteroatoms. The standard InChI is InChI=1S/C38H51ClN2O4/c1-20(2)28-29-23(30(31(28)43)32(44)34-41-40-33(45-34)21-8-10-22(39)11-9-21)14-18-37(6)24(29)12-13-26-36(5)17-16-27(42)35(3,4)25(36)15-19-38(26,37)7/h8-11,20,23-27,30,32,42,44H,12-19H2,1-7H3/t23?,24-,25+,26-,27+,30+,32-,36+,37-,38-/m1/s1. The summed E-state index contributed by atoms with van der Waals surface area (Å²) in [6.45, 7) is 16.6. The highest BCUT2D eigenvalue weighted by Gasteiger charge is 2.69. The van der Waals surface area contributed by atoms with E-state index in [2.05, 4.69) is 58.7 Å². The van der Waals surface area contributed by atoms with Gasteiger partial charge in [0.1, 0.15) is 6.10 Å². The third-order valence-corrected chi connectivity index (χ3v) is 14.9. The second kappa shape index (κ2) is 10.5. The first-order chi connectivity index (χ1) is 21.1. The van der Waals surface area contributed by atoms with E-state index >= 15 is 0 Å². The lowest BCUT2D eigenvalue weighted by Crippen LogP contribution is -2.65. The quantitative estimate of drug-likeness (QED) is 0.349. The fourth-order valence-corrected chi connectivity index (χ4v) is 12.3. The summed E-state index contributed by atoms with van der Waals surface area (Å²) in [5, 5.41) is 31.9. The molecule has 0 aliphatic heterocycles. The minimum atomic E-state index is -1.15. The summed E-state index contributed by atoms with van der Waals surface area (Å²) < 4.78 is 6.00. The van der Waals surface area contributed by atoms with Gasteiger partial charge < -0.3 is 14.6 Å². The van der Waals surface area contributed by atoms with Crippen LogP contribution >= 0.6 is 11.6 Å². The van der Waals surface area contributed by atoms with Gasteiger partial charge in [0.25, 0.3) is 0 Å². The molecule has 0 radical (unpaired) electrons. The molecule has 1 aromatic heterocycles. The molecule has 2 N–H and O–H groups in total. The van der Waals surface area contributed by atoms with Crippen molar-refractivity contribution in [2.75, 3.05) is 0 Å². The SMILES string of the molecule is CC(C)C1=C2C(CC[C@]3(C)[C@@H]2CC[C@@H]2[C@@]4(C)CC[C@H](O)C(C)(C)[C@@H]4CC[C@]23C)[C@H]([C@@H](O)c2nnc(-c3ccc(Cl)cc3)o2)C1=O. The molecule has 7 rings (SSSR count). The molecule has 6 nitrogen and oxygen atoms in total. The molecular formula is C38H51ClN2O4. The topological polar surface area (TPSA) is 96.5 Å². The Kier molecular flexibility index (Phi) is 7.36. The zero-order valence-electron chi connectivity index (χ0n) is 28.1. The zero-order valence-corrected chi connectivity index (χ0v) is 28.8. The van der Waals surface area contributed by atoms with Crippen molar-refractivity contribution in [3.8, 4) is 11.5 Å². The summed E-state index contributed by atoms with van der Waals surface area (Å²) in [6.07, 6.45) is 7.12. The van der Waals surface area contributed by atoms with Crippen LogP contribution in [0.1, 0.15) is 112 Å². The number of carbonyl (C=O) groups excluding carboxylic acids is 1. The second-order valence-corrected chi connectivity index (χ2v) is 17.4. The zero-order chi connectivity index (χ0) is 32.3. The van der Waals surface area contributed by atoms with E-state index in [1.54, 1.807) is 12.1 Å². The van der Waals surface area contributed by atoms with Gasteiger partial charge in [0, 0.05) is 10.6 Å². The summed E-state index contributed by atoms with van der Waals surface area (Å²) in [5.41, 5.74) is 3.36. The number of aromatic nitrogens is 2. The molecule has 244 valence electrons. The molecule has 0 spiro atoms. The van der Waals surface area contributed by atoms with E-state index < -0.39 is 12.0 Å². The Bertz CT molecular complexity index is 1530. The fourth-order valence-electron chi connectivity index (χ4n) is 12.2. The first kappa shape index (κ1) is 31.6. The van der Waals surface area contributed by atoms with Gasteiger partial charge >= 0.3 is 0 Å². The van der Waals surface area contributed by atoms with Crippen LogP contribution in [0.3, 0.4) is 0 Å². The maximum atomic E-state index is 14.4. The van der Waals surface area contributed by atoms with Gasteiger partial charge in [-0.2, -0.15) is 0 Å². The van der Waals surface area contributed by atoms with Gasteiger partial charge in [-0.3, -0.25) is 4.79 Å². The van der Waals surface area contributed by atoms with Crippen LogP contribution in [0.4, 0.5) is 0 Å². The third-order valence-electron chi connectivity index (χ3n) is 14.6. The largest absolute Gasteiger partial charge is 0.418 e. The Balaban J connectivity index is 1.22. The molecule has 5 aliphatic carbocycles. The van der Waals surface area contributed by atoms with Crippen molar-refractivity contribution in [3.63, 3.8) is 0 Å². The van der Waals surface area contributed by atoms with Crippen molar-refractivity contribution >= 4 is 17.4 Å². The van der Waals surface area contributed by atoms with E-state index in [0.717, 1.165) is 56.1 Å². The first-order valence-corrected chi connectivity index (χ1v) is 17.8. The first-order valence-electron chi connectivity index (χ1n) is 17.4. The van der Waals surface area contributed by atoms with Crippen LogP contribution in [0.15, 0.2) is 39.8 Å². The Hall–Kier alpha value is -2.02. The van der Waals surface area contributed by atoms with Crippen LogP contribution < -0.4 is 0 Å². The Labute approximate surface area is 273 Å². The number of ketones is 1. The van der Waals surface area contributed by atoms with Crippen LogP contribution in [0.2, 0.25) is 5.02 Å². The van der Waals surface area contributed by atoms with Crippen molar-refractivity contribution in [1.29, 1.82) is 0 Å². The van der Waals surface area contributed by atoms with Crippen molar-refractivity contribution < 1.29 is 19.4 Å². The summed E-state index contributed by atoms with van der Waals surface area (Å²) in [5.74, 6) is 1.41. The maximum absolute atomic E-state index is 14.4. The fraction of sp³-hybridized carbons (Fsp3) is 0.711. The molecule has 0 bridgehead atoms. The molecule has 4 saturated carbocycles. The highest BCUT2D eigenvalue weighted by molar-refractivity contribution is 6.30. The van der Waals surface area contributed by atoms with Gasteiger partial charge in [0.2, 0.25) is 11.8 Å². The number of allylic oxidation sites excluding steroid dienone is 2. The molecule has 45 heavy (non-hydrogen) atoms. The smallest absolute Gasteiger partial charge is 0.247 e. The Morgan fingerprint density at radius 1 is 0.889 bits per heavy atom. The number of benzene rings is 1. The van der Waals surface area contributed by atoms with Crippen molar-refractivity contribution in [2.45, 2.75) is 112 Å². The van der Waals surface area contributed by atoms with Crippen LogP contribution in [0.25, 0.3) is 11.5 Å². The molecule has 5 aliphatic rings. The van der Waals surface area contributed by atoms with Gasteiger partial charge in [0.15, 0.2) is 5.78 Å². The molecule has 1 heterocycles. The molecular weight excluding hydrogens is 584 g/mol. The van der Waals surface area contributed by atoms with E-state index in [9.17, 15) is 15.0 Å². The molecule has 2 aromatic rings. The number of rotatable bonds is 4. The van der Waals surface area contributed by atoms with E-state index in [4.69, 9.17) is 16.0 Å². The van der Waals surface area contributed by atoms with Gasteiger partial charge in [0.05, 0.1) is 12.0 Å². The number of Topliss-reactive ketones (excluding diaryl/α,β-unsaturated/α-hetero) is 1. The maximum Gasteiger partial charge on any atom is 0.247 e. The number of carbonyl (C=O) groups is 1. The van der Waals surface area contributed by atoms with Gasteiger partial charge in [-0.25, -0.2) is 0 Å². The van der Waals surface area contributed by atoms with Gasteiger partial charge in [-0.05, 0) is 132 Å². The summed E-state index contributed by atoms with van der Waals surface area (Å²) >= 11 is 6.06. The van der Waals surface area contributed by atoms with E-state index in [1.807, 2.05) is 12.1 Å². The normalized spacial score (nSPS) is 41.4. The lowest BCUT2D eigenvalue weighted by molar-refractivity contribution is -0.226. The number of nitrogens with zero attached hydrogens (tertiary/aromatic N) is 2. The van der Waals surface area contributed by atoms with Crippen molar-refractivity contribution in [2.24, 2.45) is 57.2 Å².